The zero-order chi connectivity index (χ0) is 6.41. The predicted molar refractivity (Wildman–Crippen MR) is 38.1 cm³/mol. The van der Waals surface area contributed by atoms with Crippen molar-refractivity contribution in [2.24, 2.45) is 0 Å². The summed E-state index contributed by atoms with van der Waals surface area (Å²) in [5.74, 6) is 0.609. The van der Waals surface area contributed by atoms with Gasteiger partial charge >= 0.3 is 0 Å². The molecule has 0 aromatic carbocycles. The zero-order valence-electron chi connectivity index (χ0n) is 4.79. The molecule has 0 bridgehead atoms. The van der Waals surface area contributed by atoms with Crippen LogP contribution in [0.25, 0.3) is 0 Å². The van der Waals surface area contributed by atoms with E-state index in [4.69, 9.17) is 4.55 Å². The van der Waals surface area contributed by atoms with E-state index < -0.39 is 10.2 Å². The van der Waals surface area contributed by atoms with Crippen LogP contribution in [-0.2, 0) is 10.2 Å². The Morgan fingerprint density at radius 2 is 2.38 bits per heavy atom. The summed E-state index contributed by atoms with van der Waals surface area (Å²) in [4.78, 5) is 0. The van der Waals surface area contributed by atoms with E-state index in [1.807, 2.05) is 6.92 Å². The maximum absolute atomic E-state index is 10.4. The summed E-state index contributed by atoms with van der Waals surface area (Å²) in [7, 11) is -1.05. The van der Waals surface area contributed by atoms with Gasteiger partial charge in [0.1, 0.15) is 5.75 Å². The first-order valence-corrected chi connectivity index (χ1v) is 5.12. The Bertz CT molecular complexity index is 51.3. The van der Waals surface area contributed by atoms with E-state index in [9.17, 15) is 4.55 Å². The van der Waals surface area contributed by atoms with E-state index in [0.29, 0.717) is 16.8 Å². The molecule has 0 saturated carbocycles. The molecule has 0 aliphatic heterocycles. The van der Waals surface area contributed by atoms with Crippen molar-refractivity contribution in [3.05, 3.63) is 0 Å². The van der Waals surface area contributed by atoms with Crippen LogP contribution < -0.4 is 0 Å². The molecule has 4 heteroatoms. The Kier molecular flexibility index (Phi) is 6.20. The van der Waals surface area contributed by atoms with Crippen LogP contribution in [0.15, 0.2) is 0 Å². The minimum atomic E-state index is -1.05. The molecule has 0 aromatic heterocycles. The van der Waals surface area contributed by atoms with Crippen LogP contribution in [0, 0.1) is 0 Å². The maximum atomic E-state index is 10.4. The molecule has 1 unspecified atom stereocenters. The average molecular weight is 154 g/mol. The van der Waals surface area contributed by atoms with Crippen LogP contribution in [-0.4, -0.2) is 14.9 Å². The van der Waals surface area contributed by atoms with Crippen LogP contribution in [0.3, 0.4) is 0 Å². The summed E-state index contributed by atoms with van der Waals surface area (Å²) in [6.07, 6.45) is 1.96. The fourth-order valence-electron chi connectivity index (χ4n) is 0.299. The average Bonchev–Trinajstić information content (AvgIpc) is 1.83. The quantitative estimate of drug-likeness (QED) is 0.380. The molecule has 0 aromatic rings. The molecule has 0 fully saturated rings. The molecular weight excluding hydrogens is 144 g/mol. The molecule has 0 amide bonds. The molecular formula is C4H10O2S2. The molecule has 0 saturated heterocycles. The lowest BCUT2D eigenvalue weighted by Gasteiger charge is -2.00. The van der Waals surface area contributed by atoms with Crippen LogP contribution in [0.2, 0.25) is 0 Å². The van der Waals surface area contributed by atoms with E-state index in [-0.39, 0.29) is 0 Å². The van der Waals surface area contributed by atoms with E-state index >= 15 is 0 Å². The second kappa shape index (κ2) is 5.75. The van der Waals surface area contributed by atoms with Gasteiger partial charge in [0.2, 0.25) is 0 Å². The first-order valence-electron chi connectivity index (χ1n) is 2.51. The van der Waals surface area contributed by atoms with Gasteiger partial charge in [-0.3, -0.25) is 4.55 Å². The highest BCUT2D eigenvalue weighted by atomic mass is 33.1. The van der Waals surface area contributed by atoms with Gasteiger partial charge in [-0.15, -0.1) is 0 Å². The molecule has 2 nitrogen and oxygen atoms in total. The third-order valence-corrected chi connectivity index (χ3v) is 2.53. The summed E-state index contributed by atoms with van der Waals surface area (Å²) in [6, 6.07) is 0. The fraction of sp³-hybridized carbons (Fsp3) is 1.00. The van der Waals surface area contributed by atoms with Crippen molar-refractivity contribution >= 4 is 21.3 Å². The maximum Gasteiger partial charge on any atom is 0.254 e. The van der Waals surface area contributed by atoms with Crippen molar-refractivity contribution in [3.63, 3.8) is 0 Å². The van der Waals surface area contributed by atoms with Crippen molar-refractivity contribution in [1.29, 1.82) is 0 Å². The Morgan fingerprint density at radius 3 is 2.75 bits per heavy atom. The SMILES string of the molecule is CCCC[S+]([O-])SO. The van der Waals surface area contributed by atoms with E-state index in [2.05, 4.69) is 0 Å². The Labute approximate surface area is 56.5 Å². The van der Waals surface area contributed by atoms with Gasteiger partial charge in [-0.25, -0.2) is 0 Å². The Morgan fingerprint density at radius 1 is 1.75 bits per heavy atom. The monoisotopic (exact) mass is 154 g/mol. The number of hydrogen-bond acceptors (Lipinski definition) is 3. The first kappa shape index (κ1) is 8.62. The first-order chi connectivity index (χ1) is 3.81. The molecule has 0 heterocycles. The minimum Gasteiger partial charge on any atom is -0.603 e. The summed E-state index contributed by atoms with van der Waals surface area (Å²) >= 11 is 0.437. The highest BCUT2D eigenvalue weighted by Gasteiger charge is 2.03. The van der Waals surface area contributed by atoms with Crippen LogP contribution in [0.4, 0.5) is 0 Å². The number of rotatable bonds is 4. The van der Waals surface area contributed by atoms with Crippen molar-refractivity contribution in [3.8, 4) is 0 Å². The number of unbranched alkanes of at least 4 members (excludes halogenated alkanes) is 1. The summed E-state index contributed by atoms with van der Waals surface area (Å²) in [5.41, 5.74) is 0. The number of hydrogen-bond donors (Lipinski definition) is 1. The molecule has 8 heavy (non-hydrogen) atoms. The lowest BCUT2D eigenvalue weighted by molar-refractivity contribution is 0.599. The third kappa shape index (κ3) is 4.77. The van der Waals surface area contributed by atoms with Crippen molar-refractivity contribution in [2.75, 3.05) is 5.75 Å². The largest absolute Gasteiger partial charge is 0.603 e. The second-order valence-electron chi connectivity index (χ2n) is 1.44. The smallest absolute Gasteiger partial charge is 0.254 e. The molecule has 0 rings (SSSR count). The van der Waals surface area contributed by atoms with Gasteiger partial charge in [-0.2, -0.15) is 0 Å². The van der Waals surface area contributed by atoms with Crippen molar-refractivity contribution in [1.82, 2.24) is 0 Å². The fourth-order valence-corrected chi connectivity index (χ4v) is 1.48. The van der Waals surface area contributed by atoms with Crippen molar-refractivity contribution in [2.45, 2.75) is 19.8 Å². The molecule has 0 radical (unpaired) electrons. The summed E-state index contributed by atoms with van der Waals surface area (Å²) in [5, 5.41) is 0. The summed E-state index contributed by atoms with van der Waals surface area (Å²) in [6.45, 7) is 2.03. The Balaban J connectivity index is 2.86. The highest BCUT2D eigenvalue weighted by molar-refractivity contribution is 8.69. The van der Waals surface area contributed by atoms with Crippen LogP contribution in [0.5, 0.6) is 0 Å². The molecule has 1 N–H and O–H groups in total. The predicted octanol–water partition coefficient (Wildman–Crippen LogP) is 1.66. The summed E-state index contributed by atoms with van der Waals surface area (Å²) < 4.78 is 18.6. The highest BCUT2D eigenvalue weighted by Crippen LogP contribution is 2.08. The van der Waals surface area contributed by atoms with Crippen LogP contribution >= 0.6 is 11.1 Å². The van der Waals surface area contributed by atoms with E-state index in [1.165, 1.54) is 0 Å². The molecule has 0 aliphatic rings. The molecule has 1 atom stereocenters. The van der Waals surface area contributed by atoms with Gasteiger partial charge in [-0.05, 0) is 6.42 Å². The lowest BCUT2D eigenvalue weighted by Crippen LogP contribution is -1.98. The molecule has 50 valence electrons. The molecule has 0 aliphatic carbocycles. The second-order valence-corrected chi connectivity index (χ2v) is 4.16. The van der Waals surface area contributed by atoms with Gasteiger partial charge in [0.25, 0.3) is 11.1 Å². The van der Waals surface area contributed by atoms with E-state index in [1.54, 1.807) is 0 Å². The van der Waals surface area contributed by atoms with E-state index in [0.717, 1.165) is 12.8 Å². The zero-order valence-corrected chi connectivity index (χ0v) is 6.43. The standard InChI is InChI=1S/C4H10O2S2/c1-2-3-4-8(6)7-5/h5H,2-4H2,1H3. The third-order valence-electron chi connectivity index (χ3n) is 0.748. The minimum absolute atomic E-state index is 0.437. The topological polar surface area (TPSA) is 43.3 Å². The van der Waals surface area contributed by atoms with Gasteiger partial charge in [0, 0.05) is 10.2 Å². The van der Waals surface area contributed by atoms with Gasteiger partial charge in [0.15, 0.2) is 0 Å². The van der Waals surface area contributed by atoms with Gasteiger partial charge in [-0.1, -0.05) is 13.3 Å². The van der Waals surface area contributed by atoms with Crippen molar-refractivity contribution < 1.29 is 9.11 Å². The lowest BCUT2D eigenvalue weighted by atomic mass is 10.4. The van der Waals surface area contributed by atoms with Crippen LogP contribution in [0.1, 0.15) is 19.8 Å². The molecule has 0 spiro atoms. The Hall–Kier alpha value is 0.620. The van der Waals surface area contributed by atoms with Gasteiger partial charge < -0.3 is 4.55 Å². The normalized spacial score (nSPS) is 13.9. The van der Waals surface area contributed by atoms with Gasteiger partial charge in [0.05, 0.1) is 0 Å².